The second-order valence-electron chi connectivity index (χ2n) is 5.70. The number of allylic oxidation sites excluding steroid dienone is 1. The minimum Gasteiger partial charge on any atom is -0.383 e. The lowest BCUT2D eigenvalue weighted by Crippen LogP contribution is -2.21. The van der Waals surface area contributed by atoms with Crippen molar-refractivity contribution in [3.05, 3.63) is 65.6 Å². The zero-order valence-electron chi connectivity index (χ0n) is 13.8. The lowest BCUT2D eigenvalue weighted by molar-refractivity contribution is 0.0822. The normalized spacial score (nSPS) is 11.2. The fourth-order valence-electron chi connectivity index (χ4n) is 2.19. The molecule has 0 spiro atoms. The molecule has 0 aliphatic carbocycles. The monoisotopic (exact) mass is 311 g/mol. The molecular formula is C18H21N3O2. The number of aromatic amines is 1. The highest BCUT2D eigenvalue weighted by Gasteiger charge is 2.18. The molecule has 0 saturated heterocycles. The number of Topliss-reactive ketones (excluding diaryl/α,β-unsaturated/α-hetero) is 1. The van der Waals surface area contributed by atoms with E-state index in [0.717, 1.165) is 5.56 Å². The van der Waals surface area contributed by atoms with E-state index < -0.39 is 0 Å². The van der Waals surface area contributed by atoms with E-state index >= 15 is 0 Å². The molecule has 0 radical (unpaired) electrons. The van der Waals surface area contributed by atoms with Gasteiger partial charge in [-0.25, -0.2) is 0 Å². The Morgan fingerprint density at radius 2 is 1.65 bits per heavy atom. The molecule has 1 aromatic carbocycles. The summed E-state index contributed by atoms with van der Waals surface area (Å²) in [5.74, 6) is -0.291. The maximum Gasteiger partial charge on any atom is 0.269 e. The van der Waals surface area contributed by atoms with Gasteiger partial charge in [0, 0.05) is 51.7 Å². The van der Waals surface area contributed by atoms with Gasteiger partial charge in [-0.1, -0.05) is 30.3 Å². The second kappa shape index (κ2) is 6.96. The van der Waals surface area contributed by atoms with Crippen LogP contribution in [-0.2, 0) is 0 Å². The van der Waals surface area contributed by atoms with Crippen molar-refractivity contribution >= 4 is 17.3 Å². The minimum absolute atomic E-state index is 0.126. The van der Waals surface area contributed by atoms with E-state index in [0.29, 0.717) is 16.8 Å². The van der Waals surface area contributed by atoms with E-state index in [1.807, 2.05) is 49.3 Å². The summed E-state index contributed by atoms with van der Waals surface area (Å²) in [6.45, 7) is 0. The SMILES string of the molecule is CN(C)C=C(C(=O)c1c[nH]c(C(=O)N(C)C)c1)c1ccccc1. The molecule has 0 unspecified atom stereocenters. The van der Waals surface area contributed by atoms with Crippen molar-refractivity contribution < 1.29 is 9.59 Å². The number of nitrogens with one attached hydrogen (secondary N) is 1. The molecule has 0 bridgehead atoms. The molecule has 0 aliphatic rings. The molecule has 5 nitrogen and oxygen atoms in total. The Labute approximate surface area is 136 Å². The Balaban J connectivity index is 2.38. The zero-order valence-corrected chi connectivity index (χ0v) is 13.8. The molecule has 0 atom stereocenters. The van der Waals surface area contributed by atoms with Crippen LogP contribution in [0.4, 0.5) is 0 Å². The number of nitrogens with zero attached hydrogens (tertiary/aromatic N) is 2. The van der Waals surface area contributed by atoms with Gasteiger partial charge in [-0.3, -0.25) is 9.59 Å². The predicted molar refractivity (Wildman–Crippen MR) is 91.2 cm³/mol. The van der Waals surface area contributed by atoms with Crippen LogP contribution < -0.4 is 0 Å². The van der Waals surface area contributed by atoms with Gasteiger partial charge in [-0.05, 0) is 11.6 Å². The Morgan fingerprint density at radius 3 is 2.22 bits per heavy atom. The minimum atomic E-state index is -0.165. The van der Waals surface area contributed by atoms with Gasteiger partial charge in [0.2, 0.25) is 0 Å². The van der Waals surface area contributed by atoms with Gasteiger partial charge < -0.3 is 14.8 Å². The van der Waals surface area contributed by atoms with Crippen LogP contribution in [0.25, 0.3) is 5.57 Å². The first-order chi connectivity index (χ1) is 10.9. The molecule has 0 aliphatic heterocycles. The van der Waals surface area contributed by atoms with Crippen molar-refractivity contribution in [1.82, 2.24) is 14.8 Å². The van der Waals surface area contributed by atoms with E-state index in [2.05, 4.69) is 4.98 Å². The maximum absolute atomic E-state index is 12.8. The van der Waals surface area contributed by atoms with E-state index in [9.17, 15) is 9.59 Å². The fraction of sp³-hybridized carbons (Fsp3) is 0.222. The van der Waals surface area contributed by atoms with Crippen LogP contribution in [-0.4, -0.2) is 54.7 Å². The van der Waals surface area contributed by atoms with E-state index in [1.54, 1.807) is 32.6 Å². The van der Waals surface area contributed by atoms with Gasteiger partial charge in [-0.15, -0.1) is 0 Å². The highest BCUT2D eigenvalue weighted by molar-refractivity contribution is 6.29. The van der Waals surface area contributed by atoms with Gasteiger partial charge in [0.05, 0.1) is 0 Å². The summed E-state index contributed by atoms with van der Waals surface area (Å²) in [5.41, 5.74) is 2.29. The number of carbonyl (C=O) groups is 2. The van der Waals surface area contributed by atoms with Crippen LogP contribution in [0.5, 0.6) is 0 Å². The third-order valence-electron chi connectivity index (χ3n) is 3.30. The molecule has 1 N–H and O–H groups in total. The first-order valence-electron chi connectivity index (χ1n) is 7.28. The number of benzene rings is 1. The summed E-state index contributed by atoms with van der Waals surface area (Å²) in [6, 6.07) is 11.1. The van der Waals surface area contributed by atoms with Crippen molar-refractivity contribution in [2.24, 2.45) is 0 Å². The Kier molecular flexibility index (Phi) is 5.01. The molecule has 0 saturated carbocycles. The molecule has 23 heavy (non-hydrogen) atoms. The maximum atomic E-state index is 12.8. The van der Waals surface area contributed by atoms with Crippen LogP contribution in [0.1, 0.15) is 26.4 Å². The van der Waals surface area contributed by atoms with E-state index in [-0.39, 0.29) is 11.7 Å². The van der Waals surface area contributed by atoms with Crippen LogP contribution >= 0.6 is 0 Å². The number of ketones is 1. The molecule has 1 heterocycles. The van der Waals surface area contributed by atoms with Crippen LogP contribution in [0.3, 0.4) is 0 Å². The highest BCUT2D eigenvalue weighted by Crippen LogP contribution is 2.21. The van der Waals surface area contributed by atoms with Crippen LogP contribution in [0.15, 0.2) is 48.8 Å². The Morgan fingerprint density at radius 1 is 1.00 bits per heavy atom. The smallest absolute Gasteiger partial charge is 0.269 e. The lowest BCUT2D eigenvalue weighted by Gasteiger charge is -2.11. The van der Waals surface area contributed by atoms with Crippen LogP contribution in [0, 0.1) is 0 Å². The summed E-state index contributed by atoms with van der Waals surface area (Å²) in [5, 5.41) is 0. The largest absolute Gasteiger partial charge is 0.383 e. The number of hydrogen-bond donors (Lipinski definition) is 1. The summed E-state index contributed by atoms with van der Waals surface area (Å²) >= 11 is 0. The van der Waals surface area contributed by atoms with Crippen LogP contribution in [0.2, 0.25) is 0 Å². The second-order valence-corrected chi connectivity index (χ2v) is 5.70. The van der Waals surface area contributed by atoms with Gasteiger partial charge in [-0.2, -0.15) is 0 Å². The fourth-order valence-corrected chi connectivity index (χ4v) is 2.19. The van der Waals surface area contributed by atoms with Crippen molar-refractivity contribution in [2.45, 2.75) is 0 Å². The summed E-state index contributed by atoms with van der Waals surface area (Å²) in [7, 11) is 7.08. The quantitative estimate of drug-likeness (QED) is 0.682. The van der Waals surface area contributed by atoms with Gasteiger partial charge in [0.15, 0.2) is 5.78 Å². The molecule has 2 aromatic rings. The van der Waals surface area contributed by atoms with E-state index in [4.69, 9.17) is 0 Å². The van der Waals surface area contributed by atoms with Crippen molar-refractivity contribution in [2.75, 3.05) is 28.2 Å². The summed E-state index contributed by atoms with van der Waals surface area (Å²) in [6.07, 6.45) is 3.36. The van der Waals surface area contributed by atoms with E-state index in [1.165, 1.54) is 4.90 Å². The first kappa shape index (κ1) is 16.5. The summed E-state index contributed by atoms with van der Waals surface area (Å²) in [4.78, 5) is 31.0. The van der Waals surface area contributed by atoms with Gasteiger partial charge in [0.1, 0.15) is 5.69 Å². The third-order valence-corrected chi connectivity index (χ3v) is 3.30. The molecule has 2 rings (SSSR count). The molecular weight excluding hydrogens is 290 g/mol. The third kappa shape index (κ3) is 3.88. The Bertz CT molecular complexity index is 728. The van der Waals surface area contributed by atoms with Crippen molar-refractivity contribution in [1.29, 1.82) is 0 Å². The average Bonchev–Trinajstić information content (AvgIpc) is 3.01. The molecule has 5 heteroatoms. The first-order valence-corrected chi connectivity index (χ1v) is 7.28. The average molecular weight is 311 g/mol. The highest BCUT2D eigenvalue weighted by atomic mass is 16.2. The van der Waals surface area contributed by atoms with Crippen molar-refractivity contribution in [3.63, 3.8) is 0 Å². The standard InChI is InChI=1S/C18H21N3O2/c1-20(2)12-15(13-8-6-5-7-9-13)17(22)14-10-16(19-11-14)18(23)21(3)4/h5-12,19H,1-4H3. The topological polar surface area (TPSA) is 56.4 Å². The zero-order chi connectivity index (χ0) is 17.0. The molecule has 1 amide bonds. The number of hydrogen-bond acceptors (Lipinski definition) is 3. The molecule has 1 aromatic heterocycles. The number of carbonyl (C=O) groups excluding carboxylic acids is 2. The molecule has 0 fully saturated rings. The van der Waals surface area contributed by atoms with Gasteiger partial charge in [0.25, 0.3) is 5.91 Å². The Hall–Kier alpha value is -2.82. The summed E-state index contributed by atoms with van der Waals surface area (Å²) < 4.78 is 0. The van der Waals surface area contributed by atoms with Gasteiger partial charge >= 0.3 is 0 Å². The number of rotatable bonds is 5. The van der Waals surface area contributed by atoms with Crippen molar-refractivity contribution in [3.8, 4) is 0 Å². The number of H-pyrrole nitrogens is 1. The number of aromatic nitrogens is 1. The number of amides is 1. The molecule has 120 valence electrons. The predicted octanol–water partition coefficient (Wildman–Crippen LogP) is 2.50. The lowest BCUT2D eigenvalue weighted by atomic mass is 9.99.